The Balaban J connectivity index is 2.98. The van der Waals surface area contributed by atoms with Gasteiger partial charge in [-0.3, -0.25) is 0 Å². The van der Waals surface area contributed by atoms with Crippen molar-refractivity contribution in [1.82, 2.24) is 0 Å². The van der Waals surface area contributed by atoms with E-state index in [9.17, 15) is 18.0 Å². The summed E-state index contributed by atoms with van der Waals surface area (Å²) in [5.74, 6) is -1.25. The maximum atomic E-state index is 12.2. The predicted octanol–water partition coefficient (Wildman–Crippen LogP) is 2.48. The largest absolute Gasteiger partial charge is 0.479 e. The monoisotopic (exact) mass is 234 g/mol. The fraction of sp³-hybridized carbons (Fsp3) is 0.300. The lowest BCUT2D eigenvalue weighted by molar-refractivity contribution is -0.148. The van der Waals surface area contributed by atoms with Crippen molar-refractivity contribution in [2.24, 2.45) is 0 Å². The van der Waals surface area contributed by atoms with E-state index in [1.807, 2.05) is 0 Å². The van der Waals surface area contributed by atoms with Crippen LogP contribution in [0.3, 0.4) is 0 Å². The zero-order chi connectivity index (χ0) is 12.3. The Bertz CT molecular complexity index is 370. The Hall–Kier alpha value is -1.56. The summed E-state index contributed by atoms with van der Waals surface area (Å²) in [7, 11) is 1.18. The summed E-state index contributed by atoms with van der Waals surface area (Å²) in [6.45, 7) is 0. The highest BCUT2D eigenvalue weighted by Crippen LogP contribution is 2.30. The van der Waals surface area contributed by atoms with E-state index >= 15 is 0 Å². The van der Waals surface area contributed by atoms with E-state index in [0.717, 1.165) is 24.3 Å². The van der Waals surface area contributed by atoms with Crippen LogP contribution >= 0.6 is 0 Å². The van der Waals surface area contributed by atoms with Crippen LogP contribution in [0.1, 0.15) is 17.2 Å². The van der Waals surface area contributed by atoms with Crippen molar-refractivity contribution >= 4 is 5.97 Å². The number of aliphatic carboxylic acids is 1. The molecule has 1 N–H and O–H groups in total. The third-order valence-corrected chi connectivity index (χ3v) is 2.00. The van der Waals surface area contributed by atoms with Crippen molar-refractivity contribution in [1.29, 1.82) is 0 Å². The van der Waals surface area contributed by atoms with Gasteiger partial charge < -0.3 is 9.84 Å². The van der Waals surface area contributed by atoms with E-state index in [1.54, 1.807) is 0 Å². The van der Waals surface area contributed by atoms with Crippen LogP contribution in [0.2, 0.25) is 0 Å². The highest BCUT2D eigenvalue weighted by Gasteiger charge is 2.30. The first-order valence-corrected chi connectivity index (χ1v) is 4.29. The molecule has 1 atom stereocenters. The standard InChI is InChI=1S/C10H9F3O3/c1-16-8(9(14)15)6-2-4-7(5-3-6)10(11,12)13/h2-5,8H,1H3,(H,14,15)/t8-/m0/s1. The van der Waals surface area contributed by atoms with Crippen LogP contribution in [0.4, 0.5) is 13.2 Å². The summed E-state index contributed by atoms with van der Waals surface area (Å²) in [5, 5.41) is 8.71. The molecule has 0 fully saturated rings. The van der Waals surface area contributed by atoms with Crippen LogP contribution in [0.15, 0.2) is 24.3 Å². The molecule has 88 valence electrons. The Morgan fingerprint density at radius 3 is 2.12 bits per heavy atom. The lowest BCUT2D eigenvalue weighted by Gasteiger charge is -2.12. The van der Waals surface area contributed by atoms with Gasteiger partial charge in [-0.2, -0.15) is 13.2 Å². The smallest absolute Gasteiger partial charge is 0.416 e. The number of halogens is 3. The maximum absolute atomic E-state index is 12.2. The van der Waals surface area contributed by atoms with E-state index in [0.29, 0.717) is 0 Å². The number of benzene rings is 1. The van der Waals surface area contributed by atoms with Crippen LogP contribution in [-0.2, 0) is 15.7 Å². The van der Waals surface area contributed by atoms with Gasteiger partial charge in [-0.1, -0.05) is 12.1 Å². The van der Waals surface area contributed by atoms with Crippen LogP contribution in [-0.4, -0.2) is 18.2 Å². The zero-order valence-corrected chi connectivity index (χ0v) is 8.28. The Morgan fingerprint density at radius 1 is 1.31 bits per heavy atom. The second-order valence-corrected chi connectivity index (χ2v) is 3.07. The highest BCUT2D eigenvalue weighted by molar-refractivity contribution is 5.74. The number of carboxylic acids is 1. The summed E-state index contributed by atoms with van der Waals surface area (Å²) >= 11 is 0. The number of carboxylic acid groups (broad SMARTS) is 1. The van der Waals surface area contributed by atoms with E-state index in [-0.39, 0.29) is 5.56 Å². The summed E-state index contributed by atoms with van der Waals surface area (Å²) in [4.78, 5) is 10.7. The molecule has 0 aliphatic heterocycles. The van der Waals surface area contributed by atoms with Crippen molar-refractivity contribution in [2.75, 3.05) is 7.11 Å². The molecule has 1 rings (SSSR count). The number of carbonyl (C=O) groups is 1. The topological polar surface area (TPSA) is 46.5 Å². The average molecular weight is 234 g/mol. The Labute approximate surface area is 89.5 Å². The van der Waals surface area contributed by atoms with Crippen LogP contribution in [0.25, 0.3) is 0 Å². The first-order chi connectivity index (χ1) is 7.36. The van der Waals surface area contributed by atoms with Crippen molar-refractivity contribution in [3.63, 3.8) is 0 Å². The average Bonchev–Trinajstić information content (AvgIpc) is 2.17. The van der Waals surface area contributed by atoms with Gasteiger partial charge in [-0.15, -0.1) is 0 Å². The molecule has 0 saturated heterocycles. The third kappa shape index (κ3) is 2.73. The molecule has 0 amide bonds. The predicted molar refractivity (Wildman–Crippen MR) is 48.8 cm³/mol. The van der Waals surface area contributed by atoms with Crippen LogP contribution in [0, 0.1) is 0 Å². The molecule has 1 aromatic carbocycles. The molecule has 0 aromatic heterocycles. The molecule has 0 radical (unpaired) electrons. The van der Waals surface area contributed by atoms with Gasteiger partial charge in [0.2, 0.25) is 0 Å². The maximum Gasteiger partial charge on any atom is 0.416 e. The number of ether oxygens (including phenoxy) is 1. The van der Waals surface area contributed by atoms with Crippen molar-refractivity contribution in [3.05, 3.63) is 35.4 Å². The van der Waals surface area contributed by atoms with Crippen molar-refractivity contribution in [3.8, 4) is 0 Å². The fourth-order valence-corrected chi connectivity index (χ4v) is 1.23. The molecule has 0 saturated carbocycles. The minimum Gasteiger partial charge on any atom is -0.479 e. The zero-order valence-electron chi connectivity index (χ0n) is 8.28. The molecule has 6 heteroatoms. The second-order valence-electron chi connectivity index (χ2n) is 3.07. The van der Waals surface area contributed by atoms with Crippen molar-refractivity contribution < 1.29 is 27.8 Å². The first-order valence-electron chi connectivity index (χ1n) is 4.29. The number of hydrogen-bond acceptors (Lipinski definition) is 2. The molecule has 0 aliphatic carbocycles. The molecule has 3 nitrogen and oxygen atoms in total. The van der Waals surface area contributed by atoms with E-state index in [4.69, 9.17) is 5.11 Å². The second kappa shape index (κ2) is 4.52. The summed E-state index contributed by atoms with van der Waals surface area (Å²) in [5.41, 5.74) is -0.653. The molecule has 0 unspecified atom stereocenters. The number of hydrogen-bond donors (Lipinski definition) is 1. The lowest BCUT2D eigenvalue weighted by atomic mass is 10.1. The third-order valence-electron chi connectivity index (χ3n) is 2.00. The quantitative estimate of drug-likeness (QED) is 0.873. The summed E-state index contributed by atoms with van der Waals surface area (Å²) in [6.07, 6.45) is -5.67. The van der Waals surface area contributed by atoms with Crippen LogP contribution in [0.5, 0.6) is 0 Å². The van der Waals surface area contributed by atoms with Gasteiger partial charge in [0.1, 0.15) is 0 Å². The number of methoxy groups -OCH3 is 1. The molecule has 0 bridgehead atoms. The minimum absolute atomic E-state index is 0.169. The lowest BCUT2D eigenvalue weighted by Crippen LogP contribution is -2.14. The van der Waals surface area contributed by atoms with Crippen LogP contribution < -0.4 is 0 Å². The van der Waals surface area contributed by atoms with Gasteiger partial charge in [-0.25, -0.2) is 4.79 Å². The van der Waals surface area contributed by atoms with E-state index in [1.165, 1.54) is 7.11 Å². The number of rotatable bonds is 3. The van der Waals surface area contributed by atoms with Gasteiger partial charge in [0.05, 0.1) is 5.56 Å². The molecule has 0 spiro atoms. The minimum atomic E-state index is -4.43. The normalized spacial score (nSPS) is 13.5. The van der Waals surface area contributed by atoms with E-state index in [2.05, 4.69) is 4.74 Å². The summed E-state index contributed by atoms with van der Waals surface area (Å²) < 4.78 is 41.3. The van der Waals surface area contributed by atoms with Gasteiger partial charge in [0, 0.05) is 7.11 Å². The molecular formula is C10H9F3O3. The molecule has 0 aliphatic rings. The van der Waals surface area contributed by atoms with E-state index < -0.39 is 23.8 Å². The van der Waals surface area contributed by atoms with Gasteiger partial charge >= 0.3 is 12.1 Å². The molecule has 0 heterocycles. The first kappa shape index (κ1) is 12.5. The SMILES string of the molecule is CO[C@H](C(=O)O)c1ccc(C(F)(F)F)cc1. The highest BCUT2D eigenvalue weighted by atomic mass is 19.4. The van der Waals surface area contributed by atoms with Crippen molar-refractivity contribution in [2.45, 2.75) is 12.3 Å². The fourth-order valence-electron chi connectivity index (χ4n) is 1.23. The Kier molecular flexibility index (Phi) is 3.54. The Morgan fingerprint density at radius 2 is 1.81 bits per heavy atom. The molecule has 16 heavy (non-hydrogen) atoms. The van der Waals surface area contributed by atoms with Gasteiger partial charge in [0.15, 0.2) is 6.10 Å². The van der Waals surface area contributed by atoms with Gasteiger partial charge in [-0.05, 0) is 17.7 Å². The number of alkyl halides is 3. The molecule has 1 aromatic rings. The van der Waals surface area contributed by atoms with Gasteiger partial charge in [0.25, 0.3) is 0 Å². The molecular weight excluding hydrogens is 225 g/mol. The summed E-state index contributed by atoms with van der Waals surface area (Å²) in [6, 6.07) is 3.82.